The van der Waals surface area contributed by atoms with E-state index in [2.05, 4.69) is 10.3 Å². The third-order valence-corrected chi connectivity index (χ3v) is 2.93. The van der Waals surface area contributed by atoms with Gasteiger partial charge < -0.3 is 5.32 Å². The average molecular weight is 310 g/mol. The number of halogens is 2. The second-order valence-electron chi connectivity index (χ2n) is 4.19. The maximum Gasteiger partial charge on any atom is 0.300 e. The number of amides is 1. The number of carbonyl (C=O) groups is 1. The molecule has 0 aliphatic heterocycles. The van der Waals surface area contributed by atoms with Gasteiger partial charge in [0.05, 0.1) is 4.92 Å². The van der Waals surface area contributed by atoms with Crippen LogP contribution in [-0.4, -0.2) is 15.8 Å². The molecule has 0 saturated heterocycles. The molecule has 0 radical (unpaired) electrons. The lowest BCUT2D eigenvalue weighted by Gasteiger charge is -2.08. The Morgan fingerprint density at radius 3 is 2.76 bits per heavy atom. The lowest BCUT2D eigenvalue weighted by Crippen LogP contribution is -2.15. The second-order valence-corrected chi connectivity index (χ2v) is 4.58. The maximum absolute atomic E-state index is 13.0. The van der Waals surface area contributed by atoms with Crippen molar-refractivity contribution in [1.82, 2.24) is 4.98 Å². The fourth-order valence-electron chi connectivity index (χ4n) is 1.71. The zero-order chi connectivity index (χ0) is 15.6. The van der Waals surface area contributed by atoms with Crippen molar-refractivity contribution in [3.63, 3.8) is 0 Å². The average Bonchev–Trinajstić information content (AvgIpc) is 2.41. The minimum atomic E-state index is -0.726. The maximum atomic E-state index is 13.0. The molecule has 0 aliphatic carbocycles. The van der Waals surface area contributed by atoms with E-state index in [4.69, 9.17) is 11.6 Å². The Morgan fingerprint density at radius 1 is 1.43 bits per heavy atom. The van der Waals surface area contributed by atoms with Crippen molar-refractivity contribution >= 4 is 28.9 Å². The van der Waals surface area contributed by atoms with Gasteiger partial charge in [0.25, 0.3) is 11.6 Å². The number of carbonyl (C=O) groups excluding carboxylic acids is 1. The minimum Gasteiger partial charge on any atom is -0.322 e. The van der Waals surface area contributed by atoms with Crippen LogP contribution in [0.2, 0.25) is 5.15 Å². The second kappa shape index (κ2) is 5.84. The molecule has 108 valence electrons. The predicted molar refractivity (Wildman–Crippen MR) is 75.0 cm³/mol. The van der Waals surface area contributed by atoms with Crippen LogP contribution in [0.5, 0.6) is 0 Å². The van der Waals surface area contributed by atoms with Crippen molar-refractivity contribution in [2.75, 3.05) is 5.32 Å². The first-order chi connectivity index (χ1) is 9.88. The summed E-state index contributed by atoms with van der Waals surface area (Å²) in [5, 5.41) is 13.3. The molecule has 0 unspecified atom stereocenters. The molecule has 1 amide bonds. The highest BCUT2D eigenvalue weighted by Crippen LogP contribution is 2.23. The van der Waals surface area contributed by atoms with Crippen molar-refractivity contribution < 1.29 is 14.1 Å². The summed E-state index contributed by atoms with van der Waals surface area (Å²) in [5.74, 6) is -1.16. The van der Waals surface area contributed by atoms with E-state index in [1.54, 1.807) is 6.92 Å². The molecular weight excluding hydrogens is 301 g/mol. The summed E-state index contributed by atoms with van der Waals surface area (Å²) in [5.41, 5.74) is 0.162. The van der Waals surface area contributed by atoms with Crippen molar-refractivity contribution in [3.05, 3.63) is 62.7 Å². The molecule has 0 aliphatic rings. The molecule has 1 aromatic heterocycles. The number of anilines is 1. The van der Waals surface area contributed by atoms with Gasteiger partial charge in [-0.2, -0.15) is 0 Å². The molecule has 6 nitrogen and oxygen atoms in total. The number of nitro groups is 1. The number of hydrogen-bond acceptors (Lipinski definition) is 4. The number of pyridine rings is 1. The standard InChI is InChI=1S/C13H9ClFN3O3/c1-7-4-8(15)2-3-10(7)17-13(19)9-5-12(14)16-6-11(9)18(20)21/h2-6H,1H3,(H,17,19). The quantitative estimate of drug-likeness (QED) is 0.535. The summed E-state index contributed by atoms with van der Waals surface area (Å²) in [7, 11) is 0. The van der Waals surface area contributed by atoms with Crippen LogP contribution in [0.4, 0.5) is 15.8 Å². The number of rotatable bonds is 3. The molecule has 8 heteroatoms. The van der Waals surface area contributed by atoms with Crippen molar-refractivity contribution in [3.8, 4) is 0 Å². The lowest BCUT2D eigenvalue weighted by molar-refractivity contribution is -0.385. The van der Waals surface area contributed by atoms with E-state index in [1.807, 2.05) is 0 Å². The Balaban J connectivity index is 2.36. The number of aromatic nitrogens is 1. The van der Waals surface area contributed by atoms with E-state index in [0.717, 1.165) is 12.3 Å². The number of nitrogens with zero attached hydrogens (tertiary/aromatic N) is 2. The fourth-order valence-corrected chi connectivity index (χ4v) is 1.86. The Morgan fingerprint density at radius 2 is 2.14 bits per heavy atom. The first-order valence-electron chi connectivity index (χ1n) is 5.76. The van der Waals surface area contributed by atoms with E-state index in [-0.39, 0.29) is 10.7 Å². The van der Waals surface area contributed by atoms with Gasteiger partial charge in [0, 0.05) is 5.69 Å². The van der Waals surface area contributed by atoms with E-state index >= 15 is 0 Å². The third kappa shape index (κ3) is 3.32. The molecule has 21 heavy (non-hydrogen) atoms. The van der Waals surface area contributed by atoms with Crippen LogP contribution in [-0.2, 0) is 0 Å². The summed E-state index contributed by atoms with van der Waals surface area (Å²) in [6.45, 7) is 1.60. The molecule has 1 heterocycles. The van der Waals surface area contributed by atoms with Crippen molar-refractivity contribution in [2.24, 2.45) is 0 Å². The van der Waals surface area contributed by atoms with Crippen LogP contribution >= 0.6 is 11.6 Å². The van der Waals surface area contributed by atoms with Crippen LogP contribution in [0.15, 0.2) is 30.5 Å². The van der Waals surface area contributed by atoms with E-state index in [0.29, 0.717) is 11.3 Å². The van der Waals surface area contributed by atoms with E-state index < -0.39 is 22.3 Å². The molecule has 0 bridgehead atoms. The van der Waals surface area contributed by atoms with Gasteiger partial charge in [-0.15, -0.1) is 0 Å². The van der Waals surface area contributed by atoms with Gasteiger partial charge in [0.2, 0.25) is 0 Å². The first kappa shape index (κ1) is 14.9. The molecule has 2 aromatic rings. The SMILES string of the molecule is Cc1cc(F)ccc1NC(=O)c1cc(Cl)ncc1[N+](=O)[O-]. The van der Waals surface area contributed by atoms with Gasteiger partial charge in [0.1, 0.15) is 22.7 Å². The number of hydrogen-bond donors (Lipinski definition) is 1. The summed E-state index contributed by atoms with van der Waals surface area (Å²) in [4.78, 5) is 25.9. The molecule has 1 aromatic carbocycles. The largest absolute Gasteiger partial charge is 0.322 e. The highest BCUT2D eigenvalue weighted by atomic mass is 35.5. The van der Waals surface area contributed by atoms with Gasteiger partial charge >= 0.3 is 0 Å². The Hall–Kier alpha value is -2.54. The Kier molecular flexibility index (Phi) is 4.13. The van der Waals surface area contributed by atoms with Gasteiger partial charge in [0.15, 0.2) is 0 Å². The van der Waals surface area contributed by atoms with E-state index in [1.165, 1.54) is 18.2 Å². The van der Waals surface area contributed by atoms with E-state index in [9.17, 15) is 19.3 Å². The third-order valence-electron chi connectivity index (χ3n) is 2.73. The number of benzene rings is 1. The topological polar surface area (TPSA) is 85.1 Å². The number of aryl methyl sites for hydroxylation is 1. The Bertz CT molecular complexity index is 737. The molecular formula is C13H9ClFN3O3. The lowest BCUT2D eigenvalue weighted by atomic mass is 10.1. The molecule has 0 spiro atoms. The van der Waals surface area contributed by atoms with Crippen LogP contribution in [0.3, 0.4) is 0 Å². The molecule has 1 N–H and O–H groups in total. The van der Waals surface area contributed by atoms with Crippen LogP contribution < -0.4 is 5.32 Å². The van der Waals surface area contributed by atoms with Gasteiger partial charge in [-0.05, 0) is 36.8 Å². The number of nitrogens with one attached hydrogen (secondary N) is 1. The van der Waals surface area contributed by atoms with Gasteiger partial charge in [-0.25, -0.2) is 9.37 Å². The van der Waals surface area contributed by atoms with Crippen molar-refractivity contribution in [1.29, 1.82) is 0 Å². The fraction of sp³-hybridized carbons (Fsp3) is 0.0769. The summed E-state index contributed by atoms with van der Waals surface area (Å²) >= 11 is 5.66. The predicted octanol–water partition coefficient (Wildman–Crippen LogP) is 3.34. The highest BCUT2D eigenvalue weighted by Gasteiger charge is 2.21. The zero-order valence-corrected chi connectivity index (χ0v) is 11.5. The summed E-state index contributed by atoms with van der Waals surface area (Å²) < 4.78 is 13.0. The molecule has 0 saturated carbocycles. The highest BCUT2D eigenvalue weighted by molar-refractivity contribution is 6.30. The van der Waals surface area contributed by atoms with Crippen LogP contribution in [0.25, 0.3) is 0 Å². The van der Waals surface area contributed by atoms with Crippen molar-refractivity contribution in [2.45, 2.75) is 6.92 Å². The first-order valence-corrected chi connectivity index (χ1v) is 6.13. The molecule has 0 atom stereocenters. The summed E-state index contributed by atoms with van der Waals surface area (Å²) in [6, 6.07) is 4.89. The van der Waals surface area contributed by atoms with Crippen LogP contribution in [0, 0.1) is 22.9 Å². The summed E-state index contributed by atoms with van der Waals surface area (Å²) in [6.07, 6.45) is 0.911. The smallest absolute Gasteiger partial charge is 0.300 e. The van der Waals surface area contributed by atoms with Crippen LogP contribution in [0.1, 0.15) is 15.9 Å². The molecule has 2 rings (SSSR count). The van der Waals surface area contributed by atoms with Gasteiger partial charge in [-0.1, -0.05) is 11.6 Å². The molecule has 0 fully saturated rings. The Labute approximate surface area is 123 Å². The minimum absolute atomic E-state index is 0.0402. The monoisotopic (exact) mass is 309 g/mol. The van der Waals surface area contributed by atoms with Gasteiger partial charge in [-0.3, -0.25) is 14.9 Å². The normalized spacial score (nSPS) is 10.2. The zero-order valence-electron chi connectivity index (χ0n) is 10.8.